The van der Waals surface area contributed by atoms with Crippen molar-refractivity contribution in [3.8, 4) is 5.75 Å². The van der Waals surface area contributed by atoms with Gasteiger partial charge in [0.1, 0.15) is 11.8 Å². The van der Waals surface area contributed by atoms with Crippen molar-refractivity contribution in [3.63, 3.8) is 0 Å². The summed E-state index contributed by atoms with van der Waals surface area (Å²) in [6.45, 7) is 4.15. The summed E-state index contributed by atoms with van der Waals surface area (Å²) in [5, 5.41) is 13.0. The molecule has 1 aromatic carbocycles. The second-order valence-electron chi connectivity index (χ2n) is 6.36. The van der Waals surface area contributed by atoms with Crippen LogP contribution in [0, 0.1) is 5.92 Å². The second-order valence-corrected chi connectivity index (χ2v) is 6.80. The summed E-state index contributed by atoms with van der Waals surface area (Å²) in [4.78, 5) is 26.1. The predicted octanol–water partition coefficient (Wildman–Crippen LogP) is 2.51. The van der Waals surface area contributed by atoms with E-state index in [1.165, 1.54) is 12.0 Å². The molecule has 0 saturated carbocycles. The summed E-state index contributed by atoms with van der Waals surface area (Å²) < 4.78 is 10.4. The minimum absolute atomic E-state index is 0.0572. The number of aliphatic hydroxyl groups excluding tert-OH is 1. The number of methoxy groups -OCH3 is 1. The Morgan fingerprint density at radius 1 is 1.44 bits per heavy atom. The van der Waals surface area contributed by atoms with Crippen LogP contribution in [0.15, 0.2) is 18.2 Å². The van der Waals surface area contributed by atoms with E-state index in [1.807, 2.05) is 13.8 Å². The van der Waals surface area contributed by atoms with Gasteiger partial charge in [0.25, 0.3) is 0 Å². The zero-order chi connectivity index (χ0) is 18.6. The lowest BCUT2D eigenvalue weighted by Crippen LogP contribution is -2.43. The van der Waals surface area contributed by atoms with Crippen LogP contribution in [-0.2, 0) is 9.53 Å². The van der Waals surface area contributed by atoms with Gasteiger partial charge in [0.2, 0.25) is 5.91 Å². The van der Waals surface area contributed by atoms with Gasteiger partial charge < -0.3 is 19.9 Å². The highest BCUT2D eigenvalue weighted by molar-refractivity contribution is 6.31. The number of carbonyl (C=O) groups is 2. The van der Waals surface area contributed by atoms with Crippen molar-refractivity contribution in [2.45, 2.75) is 32.4 Å². The molecule has 1 heterocycles. The van der Waals surface area contributed by atoms with Crippen LogP contribution in [0.3, 0.4) is 0 Å². The molecular formula is C17H23ClN2O5. The Balaban J connectivity index is 2.11. The second kappa shape index (κ2) is 8.40. The van der Waals surface area contributed by atoms with Crippen molar-refractivity contribution < 1.29 is 24.2 Å². The summed E-state index contributed by atoms with van der Waals surface area (Å²) in [6, 6.07) is 4.02. The quantitative estimate of drug-likeness (QED) is 0.831. The lowest BCUT2D eigenvalue weighted by molar-refractivity contribution is -0.120. The van der Waals surface area contributed by atoms with E-state index in [-0.39, 0.29) is 25.5 Å². The molecular weight excluding hydrogens is 348 g/mol. The van der Waals surface area contributed by atoms with Crippen LogP contribution < -0.4 is 10.1 Å². The van der Waals surface area contributed by atoms with Gasteiger partial charge in [-0.2, -0.15) is 0 Å². The maximum absolute atomic E-state index is 12.6. The molecule has 8 heteroatoms. The number of nitrogens with zero attached hydrogens (tertiary/aromatic N) is 1. The lowest BCUT2D eigenvalue weighted by Gasteiger charge is -2.23. The van der Waals surface area contributed by atoms with Crippen LogP contribution in [-0.4, -0.2) is 54.4 Å². The molecule has 0 bridgehead atoms. The minimum atomic E-state index is -0.821. The fourth-order valence-corrected chi connectivity index (χ4v) is 2.75. The van der Waals surface area contributed by atoms with Crippen LogP contribution in [0.2, 0.25) is 5.02 Å². The van der Waals surface area contributed by atoms with Gasteiger partial charge in [-0.15, -0.1) is 0 Å². The average Bonchev–Trinajstić information content (AvgIpc) is 2.95. The number of hydrogen-bond donors (Lipinski definition) is 2. The molecule has 2 rings (SSSR count). The summed E-state index contributed by atoms with van der Waals surface area (Å²) in [5.74, 6) is 0.198. The molecule has 1 aromatic rings. The van der Waals surface area contributed by atoms with Crippen molar-refractivity contribution in [2.75, 3.05) is 25.6 Å². The number of β-amino-alcohol motifs (C(OH)–C–C–N with tert-alkyl or cyclic N) is 1. The predicted molar refractivity (Wildman–Crippen MR) is 93.9 cm³/mol. The molecule has 2 amide bonds. The summed E-state index contributed by atoms with van der Waals surface area (Å²) in [5.41, 5.74) is 0.400. The fourth-order valence-electron chi connectivity index (χ4n) is 2.58. The maximum atomic E-state index is 12.6. The molecule has 1 fully saturated rings. The van der Waals surface area contributed by atoms with Crippen LogP contribution in [0.4, 0.5) is 10.5 Å². The zero-order valence-corrected chi connectivity index (χ0v) is 15.2. The van der Waals surface area contributed by atoms with Crippen LogP contribution >= 0.6 is 11.6 Å². The van der Waals surface area contributed by atoms with Gasteiger partial charge in [0.15, 0.2) is 0 Å². The molecule has 0 unspecified atom stereocenters. The molecule has 2 N–H and O–H groups in total. The van der Waals surface area contributed by atoms with Crippen molar-refractivity contribution in [3.05, 3.63) is 23.2 Å². The lowest BCUT2D eigenvalue weighted by atomic mass is 10.2. The summed E-state index contributed by atoms with van der Waals surface area (Å²) in [6.07, 6.45) is -1.24. The number of anilines is 1. The van der Waals surface area contributed by atoms with Crippen LogP contribution in [0.5, 0.6) is 5.75 Å². The van der Waals surface area contributed by atoms with Crippen LogP contribution in [0.25, 0.3) is 0 Å². The van der Waals surface area contributed by atoms with Gasteiger partial charge in [-0.05, 0) is 24.1 Å². The Kier molecular flexibility index (Phi) is 6.50. The number of rotatable bonds is 5. The van der Waals surface area contributed by atoms with Crippen molar-refractivity contribution in [2.24, 2.45) is 5.92 Å². The zero-order valence-electron chi connectivity index (χ0n) is 14.5. The largest absolute Gasteiger partial charge is 0.495 e. The molecule has 1 saturated heterocycles. The summed E-state index contributed by atoms with van der Waals surface area (Å²) in [7, 11) is 1.48. The molecule has 0 radical (unpaired) electrons. The Morgan fingerprint density at radius 3 is 2.80 bits per heavy atom. The van der Waals surface area contributed by atoms with E-state index in [1.54, 1.807) is 18.2 Å². The molecule has 138 valence electrons. The first-order valence-electron chi connectivity index (χ1n) is 8.07. The molecule has 7 nitrogen and oxygen atoms in total. The van der Waals surface area contributed by atoms with Crippen molar-refractivity contribution in [1.29, 1.82) is 0 Å². The number of likely N-dealkylation sites (tertiary alicyclic amines) is 1. The molecule has 1 aliphatic heterocycles. The topological polar surface area (TPSA) is 88.1 Å². The third-order valence-corrected chi connectivity index (χ3v) is 4.01. The van der Waals surface area contributed by atoms with Crippen LogP contribution in [0.1, 0.15) is 20.3 Å². The standard InChI is InChI=1S/C17H23ClN2O5/c1-10(2)9-25-17(23)20-8-12(21)7-14(20)16(22)19-13-6-11(18)4-5-15(13)24-3/h4-6,10,12,14,21H,7-9H2,1-3H3,(H,19,22)/t12-,14+/m1/s1. The first kappa shape index (κ1) is 19.3. The Morgan fingerprint density at radius 2 is 2.16 bits per heavy atom. The van der Waals surface area contributed by atoms with E-state index < -0.39 is 24.1 Å². The highest BCUT2D eigenvalue weighted by Crippen LogP contribution is 2.29. The first-order valence-corrected chi connectivity index (χ1v) is 8.45. The number of halogens is 1. The summed E-state index contributed by atoms with van der Waals surface area (Å²) >= 11 is 5.96. The minimum Gasteiger partial charge on any atom is -0.495 e. The molecule has 0 spiro atoms. The number of amides is 2. The van der Waals surface area contributed by atoms with Crippen molar-refractivity contribution >= 4 is 29.3 Å². The Hall–Kier alpha value is -1.99. The molecule has 0 aliphatic carbocycles. The van der Waals surface area contributed by atoms with E-state index in [0.29, 0.717) is 16.5 Å². The molecule has 0 aromatic heterocycles. The normalized spacial score (nSPS) is 19.8. The first-order chi connectivity index (χ1) is 11.8. The van der Waals surface area contributed by atoms with Gasteiger partial charge in [0, 0.05) is 11.4 Å². The number of hydrogen-bond acceptors (Lipinski definition) is 5. The maximum Gasteiger partial charge on any atom is 0.410 e. The fraction of sp³-hybridized carbons (Fsp3) is 0.529. The van der Waals surface area contributed by atoms with E-state index in [2.05, 4.69) is 5.32 Å². The molecule has 1 aliphatic rings. The van der Waals surface area contributed by atoms with Crippen molar-refractivity contribution in [1.82, 2.24) is 4.90 Å². The van der Waals surface area contributed by atoms with E-state index >= 15 is 0 Å². The number of benzene rings is 1. The van der Waals surface area contributed by atoms with E-state index in [0.717, 1.165) is 0 Å². The third-order valence-electron chi connectivity index (χ3n) is 3.78. The van der Waals surface area contributed by atoms with Gasteiger partial charge in [-0.3, -0.25) is 9.69 Å². The smallest absolute Gasteiger partial charge is 0.410 e. The Labute approximate surface area is 151 Å². The number of nitrogens with one attached hydrogen (secondary N) is 1. The number of ether oxygens (including phenoxy) is 2. The monoisotopic (exact) mass is 370 g/mol. The van der Waals surface area contributed by atoms with E-state index in [9.17, 15) is 14.7 Å². The van der Waals surface area contributed by atoms with Gasteiger partial charge in [-0.25, -0.2) is 4.79 Å². The average molecular weight is 371 g/mol. The highest BCUT2D eigenvalue weighted by atomic mass is 35.5. The van der Waals surface area contributed by atoms with Gasteiger partial charge >= 0.3 is 6.09 Å². The number of aliphatic hydroxyl groups is 1. The number of carbonyl (C=O) groups excluding carboxylic acids is 2. The molecule has 25 heavy (non-hydrogen) atoms. The SMILES string of the molecule is COc1ccc(Cl)cc1NC(=O)[C@@H]1C[C@@H](O)CN1C(=O)OCC(C)C. The Bertz CT molecular complexity index is 637. The van der Waals surface area contributed by atoms with E-state index in [4.69, 9.17) is 21.1 Å². The van der Waals surface area contributed by atoms with Gasteiger partial charge in [-0.1, -0.05) is 25.4 Å². The van der Waals surface area contributed by atoms with Gasteiger partial charge in [0.05, 0.1) is 32.1 Å². The highest BCUT2D eigenvalue weighted by Gasteiger charge is 2.40. The third kappa shape index (κ3) is 4.99. The molecule has 2 atom stereocenters.